The van der Waals surface area contributed by atoms with Gasteiger partial charge >= 0.3 is 0 Å². The van der Waals surface area contributed by atoms with E-state index in [0.717, 1.165) is 5.69 Å². The molecule has 0 bridgehead atoms. The molecule has 1 heterocycles. The van der Waals surface area contributed by atoms with E-state index in [1.807, 2.05) is 12.1 Å². The van der Waals surface area contributed by atoms with Crippen molar-refractivity contribution in [2.45, 2.75) is 0 Å². The minimum absolute atomic E-state index is 0.00347. The molecule has 0 saturated heterocycles. The Bertz CT molecular complexity index is 623. The first kappa shape index (κ1) is 13.0. The van der Waals surface area contributed by atoms with Gasteiger partial charge in [-0.3, -0.25) is 0 Å². The predicted molar refractivity (Wildman–Crippen MR) is 76.2 cm³/mol. The third-order valence-corrected chi connectivity index (χ3v) is 2.43. The number of hydrogen-bond acceptors (Lipinski definition) is 3. The molecule has 0 saturated carbocycles. The van der Waals surface area contributed by atoms with Crippen molar-refractivity contribution in [2.24, 2.45) is 27.2 Å². The summed E-state index contributed by atoms with van der Waals surface area (Å²) in [6, 6.07) is 7.17. The maximum atomic E-state index is 5.53. The first-order valence-corrected chi connectivity index (χ1v) is 5.95. The number of hydrogen-bond donors (Lipinski definition) is 3. The molecule has 6 N–H and O–H groups in total. The van der Waals surface area contributed by atoms with Gasteiger partial charge in [-0.25, -0.2) is 14.7 Å². The van der Waals surface area contributed by atoms with Gasteiger partial charge in [-0.1, -0.05) is 0 Å². The predicted octanol–water partition coefficient (Wildman–Crippen LogP) is 0.249. The van der Waals surface area contributed by atoms with Crippen molar-refractivity contribution in [3.63, 3.8) is 0 Å². The highest BCUT2D eigenvalue weighted by molar-refractivity contribution is 9.10. The lowest BCUT2D eigenvalue weighted by atomic mass is 10.3. The lowest BCUT2D eigenvalue weighted by Gasteiger charge is -2.00. The number of aliphatic imine (C=N–C) groups is 2. The summed E-state index contributed by atoms with van der Waals surface area (Å²) < 4.78 is 2.14. The summed E-state index contributed by atoms with van der Waals surface area (Å²) in [5.74, 6) is -0.137. The number of nitrogens with zero attached hydrogens (tertiary/aromatic N) is 5. The molecule has 9 heteroatoms. The van der Waals surface area contributed by atoms with E-state index < -0.39 is 0 Å². The van der Waals surface area contributed by atoms with Crippen LogP contribution < -0.4 is 17.2 Å². The fraction of sp³-hybridized carbons (Fsp3) is 0. The van der Waals surface area contributed by atoms with Crippen LogP contribution in [0, 0.1) is 0 Å². The number of benzene rings is 1. The molecule has 0 atom stereocenters. The Morgan fingerprint density at radius 3 is 2.37 bits per heavy atom. The summed E-state index contributed by atoms with van der Waals surface area (Å²) in [4.78, 5) is 11.6. The van der Waals surface area contributed by atoms with Gasteiger partial charge in [0.2, 0.25) is 10.7 Å². The van der Waals surface area contributed by atoms with Crippen LogP contribution in [0.2, 0.25) is 0 Å². The Morgan fingerprint density at radius 2 is 1.84 bits per heavy atom. The zero-order valence-corrected chi connectivity index (χ0v) is 11.3. The van der Waals surface area contributed by atoms with E-state index in [1.54, 1.807) is 23.1 Å². The monoisotopic (exact) mass is 322 g/mol. The highest BCUT2D eigenvalue weighted by atomic mass is 79.9. The summed E-state index contributed by atoms with van der Waals surface area (Å²) in [5.41, 5.74) is 17.4. The molecule has 0 unspecified atom stereocenters. The Hall–Kier alpha value is -2.42. The van der Waals surface area contributed by atoms with Gasteiger partial charge < -0.3 is 17.2 Å². The lowest BCUT2D eigenvalue weighted by Crippen LogP contribution is -2.26. The second-order valence-electron chi connectivity index (χ2n) is 3.48. The van der Waals surface area contributed by atoms with Crippen LogP contribution in [-0.4, -0.2) is 26.7 Å². The zero-order chi connectivity index (χ0) is 13.8. The van der Waals surface area contributed by atoms with Crippen LogP contribution in [0.3, 0.4) is 0 Å². The normalized spacial score (nSPS) is 11.3. The molecule has 2 rings (SSSR count). The largest absolute Gasteiger partial charge is 0.370 e. The van der Waals surface area contributed by atoms with Crippen molar-refractivity contribution < 1.29 is 0 Å². The van der Waals surface area contributed by atoms with Gasteiger partial charge in [-0.15, -0.1) is 5.10 Å². The Labute approximate surface area is 117 Å². The van der Waals surface area contributed by atoms with Gasteiger partial charge in [0.25, 0.3) is 0 Å². The highest BCUT2D eigenvalue weighted by Crippen LogP contribution is 2.15. The van der Waals surface area contributed by atoms with Crippen LogP contribution >= 0.6 is 15.9 Å². The number of aromatic nitrogens is 3. The minimum atomic E-state index is -0.134. The van der Waals surface area contributed by atoms with Crippen molar-refractivity contribution in [2.75, 3.05) is 0 Å². The number of halogens is 1. The van der Waals surface area contributed by atoms with Crippen LogP contribution in [0.5, 0.6) is 0 Å². The SMILES string of the molecule is NC(N)=NC(N)=Nc1ccc(-n2cnc(Br)n2)cc1. The number of guanidine groups is 2. The molecule has 1 aromatic carbocycles. The Morgan fingerprint density at radius 1 is 1.16 bits per heavy atom. The molecule has 0 radical (unpaired) electrons. The van der Waals surface area contributed by atoms with E-state index in [-0.39, 0.29) is 11.9 Å². The first-order chi connectivity index (χ1) is 9.04. The standard InChI is InChI=1S/C10H11BrN8/c11-8-15-5-19(18-8)7-3-1-6(2-4-7)16-10(14)17-9(12)13/h1-5H,(H6,12,13,14,16,17). The molecule has 2 aromatic rings. The first-order valence-electron chi connectivity index (χ1n) is 5.16. The second kappa shape index (κ2) is 5.48. The van der Waals surface area contributed by atoms with Crippen LogP contribution in [0.25, 0.3) is 5.69 Å². The van der Waals surface area contributed by atoms with Gasteiger partial charge in [0.15, 0.2) is 5.96 Å². The van der Waals surface area contributed by atoms with Gasteiger partial charge in [0.1, 0.15) is 6.33 Å². The second-order valence-corrected chi connectivity index (χ2v) is 4.19. The third kappa shape index (κ3) is 3.52. The van der Waals surface area contributed by atoms with Crippen molar-refractivity contribution in [1.82, 2.24) is 14.8 Å². The fourth-order valence-corrected chi connectivity index (χ4v) is 1.60. The quantitative estimate of drug-likeness (QED) is 0.538. The molecule has 0 fully saturated rings. The summed E-state index contributed by atoms with van der Waals surface area (Å²) in [6.45, 7) is 0. The average molecular weight is 323 g/mol. The van der Waals surface area contributed by atoms with Crippen molar-refractivity contribution in [3.05, 3.63) is 35.3 Å². The molecular formula is C10H11BrN8. The summed E-state index contributed by atoms with van der Waals surface area (Å²) in [6.07, 6.45) is 1.59. The van der Waals surface area contributed by atoms with E-state index in [1.165, 1.54) is 0 Å². The fourth-order valence-electron chi connectivity index (χ4n) is 1.34. The topological polar surface area (TPSA) is 133 Å². The molecule has 8 nitrogen and oxygen atoms in total. The molecule has 0 aliphatic rings. The molecule has 1 aromatic heterocycles. The molecule has 0 spiro atoms. The molecule has 0 aliphatic heterocycles. The highest BCUT2D eigenvalue weighted by Gasteiger charge is 2.00. The van der Waals surface area contributed by atoms with E-state index in [9.17, 15) is 0 Å². The van der Waals surface area contributed by atoms with E-state index >= 15 is 0 Å². The van der Waals surface area contributed by atoms with E-state index in [2.05, 4.69) is 36.0 Å². The van der Waals surface area contributed by atoms with Crippen LogP contribution in [-0.2, 0) is 0 Å². The van der Waals surface area contributed by atoms with Crippen LogP contribution in [0.4, 0.5) is 5.69 Å². The number of nitrogens with two attached hydrogens (primary N) is 3. The molecule has 0 amide bonds. The summed E-state index contributed by atoms with van der Waals surface area (Å²) in [5, 5.41) is 4.12. The molecule has 98 valence electrons. The summed E-state index contributed by atoms with van der Waals surface area (Å²) >= 11 is 3.18. The molecule has 19 heavy (non-hydrogen) atoms. The minimum Gasteiger partial charge on any atom is -0.370 e. The smallest absolute Gasteiger partial charge is 0.223 e. The maximum Gasteiger partial charge on any atom is 0.223 e. The average Bonchev–Trinajstić information content (AvgIpc) is 2.75. The van der Waals surface area contributed by atoms with Crippen molar-refractivity contribution in [1.29, 1.82) is 0 Å². The molecule has 0 aliphatic carbocycles. The van der Waals surface area contributed by atoms with Gasteiger partial charge in [0, 0.05) is 0 Å². The third-order valence-electron chi connectivity index (χ3n) is 2.07. The van der Waals surface area contributed by atoms with Gasteiger partial charge in [0.05, 0.1) is 11.4 Å². The van der Waals surface area contributed by atoms with Crippen LogP contribution in [0.15, 0.2) is 45.3 Å². The van der Waals surface area contributed by atoms with Crippen molar-refractivity contribution >= 4 is 33.5 Å². The van der Waals surface area contributed by atoms with Crippen molar-refractivity contribution in [3.8, 4) is 5.69 Å². The maximum absolute atomic E-state index is 5.53. The zero-order valence-electron chi connectivity index (χ0n) is 9.73. The van der Waals surface area contributed by atoms with E-state index in [0.29, 0.717) is 10.4 Å². The van der Waals surface area contributed by atoms with E-state index in [4.69, 9.17) is 17.2 Å². The Balaban J connectivity index is 2.22. The lowest BCUT2D eigenvalue weighted by molar-refractivity contribution is 0.870. The molecular weight excluding hydrogens is 312 g/mol. The number of rotatable bonds is 2. The van der Waals surface area contributed by atoms with Crippen LogP contribution in [0.1, 0.15) is 0 Å². The summed E-state index contributed by atoms with van der Waals surface area (Å²) in [7, 11) is 0. The van der Waals surface area contributed by atoms with Gasteiger partial charge in [-0.05, 0) is 40.2 Å². The Kier molecular flexibility index (Phi) is 3.76. The van der Waals surface area contributed by atoms with Gasteiger partial charge in [-0.2, -0.15) is 4.99 Å².